The third kappa shape index (κ3) is 5.77. The van der Waals surface area contributed by atoms with Crippen molar-refractivity contribution in [2.75, 3.05) is 18.5 Å². The highest BCUT2D eigenvalue weighted by atomic mass is 16.5. The SMILES string of the molecule is CCOC(=O)c1ccc(NC(=O)C[NH2+]C(c2ccccc2)c2ccccc2)cc1. The molecule has 0 fully saturated rings. The fourth-order valence-corrected chi connectivity index (χ4v) is 3.13. The van der Waals surface area contributed by atoms with Crippen LogP contribution in [0.15, 0.2) is 84.9 Å². The van der Waals surface area contributed by atoms with Crippen molar-refractivity contribution in [2.45, 2.75) is 13.0 Å². The number of hydrogen-bond acceptors (Lipinski definition) is 3. The van der Waals surface area contributed by atoms with Crippen molar-refractivity contribution in [3.05, 3.63) is 102 Å². The van der Waals surface area contributed by atoms with E-state index in [1.807, 2.05) is 41.7 Å². The number of quaternary nitrogens is 1. The average molecular weight is 389 g/mol. The first-order valence-electron chi connectivity index (χ1n) is 9.67. The lowest BCUT2D eigenvalue weighted by Crippen LogP contribution is -2.87. The van der Waals surface area contributed by atoms with Crippen LogP contribution in [-0.2, 0) is 9.53 Å². The largest absolute Gasteiger partial charge is 0.462 e. The van der Waals surface area contributed by atoms with Crippen LogP contribution in [0.5, 0.6) is 0 Å². The lowest BCUT2D eigenvalue weighted by molar-refractivity contribution is -0.676. The number of nitrogens with one attached hydrogen (secondary N) is 1. The molecule has 0 aliphatic heterocycles. The number of carbonyl (C=O) groups excluding carboxylic acids is 2. The van der Waals surface area contributed by atoms with E-state index in [4.69, 9.17) is 4.74 Å². The van der Waals surface area contributed by atoms with Gasteiger partial charge in [-0.15, -0.1) is 0 Å². The molecule has 0 unspecified atom stereocenters. The number of nitrogens with two attached hydrogens (primary N) is 1. The van der Waals surface area contributed by atoms with Gasteiger partial charge in [0.05, 0.1) is 12.2 Å². The molecule has 0 aliphatic rings. The Morgan fingerprint density at radius 3 is 1.93 bits per heavy atom. The molecule has 0 saturated heterocycles. The molecule has 0 heterocycles. The van der Waals surface area contributed by atoms with Gasteiger partial charge in [-0.1, -0.05) is 60.7 Å². The van der Waals surface area contributed by atoms with Crippen LogP contribution in [0.4, 0.5) is 5.69 Å². The number of benzene rings is 3. The molecule has 5 nitrogen and oxygen atoms in total. The second-order valence-corrected chi connectivity index (χ2v) is 6.58. The zero-order valence-corrected chi connectivity index (χ0v) is 16.4. The number of esters is 1. The molecule has 3 N–H and O–H groups in total. The Labute approximate surface area is 170 Å². The molecule has 3 aromatic rings. The lowest BCUT2D eigenvalue weighted by Gasteiger charge is -2.16. The summed E-state index contributed by atoms with van der Waals surface area (Å²) < 4.78 is 4.97. The Balaban J connectivity index is 1.62. The topological polar surface area (TPSA) is 72.0 Å². The van der Waals surface area contributed by atoms with Crippen molar-refractivity contribution in [1.29, 1.82) is 0 Å². The molecule has 0 aromatic heterocycles. The van der Waals surface area contributed by atoms with Crippen molar-refractivity contribution in [2.24, 2.45) is 0 Å². The van der Waals surface area contributed by atoms with Crippen LogP contribution in [0.25, 0.3) is 0 Å². The van der Waals surface area contributed by atoms with E-state index in [9.17, 15) is 9.59 Å². The highest BCUT2D eigenvalue weighted by Crippen LogP contribution is 2.17. The van der Waals surface area contributed by atoms with Crippen molar-refractivity contribution in [3.63, 3.8) is 0 Å². The van der Waals surface area contributed by atoms with Gasteiger partial charge in [0.1, 0.15) is 6.04 Å². The molecule has 3 rings (SSSR count). The third-order valence-electron chi connectivity index (χ3n) is 4.54. The molecule has 148 valence electrons. The summed E-state index contributed by atoms with van der Waals surface area (Å²) in [6.07, 6.45) is 0. The van der Waals surface area contributed by atoms with Crippen molar-refractivity contribution in [1.82, 2.24) is 0 Å². The summed E-state index contributed by atoms with van der Waals surface area (Å²) in [6.45, 7) is 2.37. The summed E-state index contributed by atoms with van der Waals surface area (Å²) in [5.41, 5.74) is 3.40. The summed E-state index contributed by atoms with van der Waals surface area (Å²) in [5, 5.41) is 4.90. The van der Waals surface area contributed by atoms with Gasteiger partial charge in [-0.2, -0.15) is 0 Å². The molecule has 0 aliphatic carbocycles. The molecule has 29 heavy (non-hydrogen) atoms. The summed E-state index contributed by atoms with van der Waals surface area (Å²) in [7, 11) is 0. The highest BCUT2D eigenvalue weighted by Gasteiger charge is 2.18. The minimum atomic E-state index is -0.368. The zero-order valence-electron chi connectivity index (χ0n) is 16.4. The first-order valence-corrected chi connectivity index (χ1v) is 9.67. The van der Waals surface area contributed by atoms with Gasteiger partial charge in [-0.25, -0.2) is 4.79 Å². The standard InChI is InChI=1S/C24H24N2O3/c1-2-29-24(28)20-13-15-21(16-14-20)26-22(27)17-25-23(18-9-5-3-6-10-18)19-11-7-4-8-12-19/h3-16,23,25H,2,17H2,1H3,(H,26,27)/p+1. The van der Waals surface area contributed by atoms with Crippen LogP contribution in [-0.4, -0.2) is 25.0 Å². The first kappa shape index (κ1) is 20.3. The Kier molecular flexibility index (Phi) is 7.14. The van der Waals surface area contributed by atoms with Gasteiger partial charge < -0.3 is 15.4 Å². The maximum Gasteiger partial charge on any atom is 0.338 e. The predicted molar refractivity (Wildman–Crippen MR) is 113 cm³/mol. The van der Waals surface area contributed by atoms with E-state index in [0.29, 0.717) is 17.9 Å². The molecule has 1 amide bonds. The van der Waals surface area contributed by atoms with Gasteiger partial charge in [-0.05, 0) is 31.2 Å². The van der Waals surface area contributed by atoms with Crippen molar-refractivity contribution < 1.29 is 19.6 Å². The number of amides is 1. The number of anilines is 1. The Morgan fingerprint density at radius 2 is 1.41 bits per heavy atom. The fourth-order valence-electron chi connectivity index (χ4n) is 3.13. The third-order valence-corrected chi connectivity index (χ3v) is 4.54. The molecule has 0 bridgehead atoms. The van der Waals surface area contributed by atoms with Crippen molar-refractivity contribution >= 4 is 17.6 Å². The van der Waals surface area contributed by atoms with E-state index in [1.165, 1.54) is 0 Å². The summed E-state index contributed by atoms with van der Waals surface area (Å²) in [4.78, 5) is 24.2. The minimum absolute atomic E-state index is 0.0364. The smallest absolute Gasteiger partial charge is 0.338 e. The van der Waals surface area contributed by atoms with E-state index in [2.05, 4.69) is 29.6 Å². The Hall–Kier alpha value is -3.44. The molecular formula is C24H25N2O3+. The monoisotopic (exact) mass is 389 g/mol. The molecule has 0 spiro atoms. The Morgan fingerprint density at radius 1 is 0.862 bits per heavy atom. The van der Waals surface area contributed by atoms with Gasteiger partial charge in [0.2, 0.25) is 0 Å². The average Bonchev–Trinajstić information content (AvgIpc) is 2.76. The first-order chi connectivity index (χ1) is 14.2. The molecule has 5 heteroatoms. The Bertz CT molecular complexity index is 886. The van der Waals surface area contributed by atoms with Crippen LogP contribution >= 0.6 is 0 Å². The quantitative estimate of drug-likeness (QED) is 0.582. The van der Waals surface area contributed by atoms with Crippen LogP contribution in [0.3, 0.4) is 0 Å². The minimum Gasteiger partial charge on any atom is -0.462 e. The second kappa shape index (κ2) is 10.2. The zero-order chi connectivity index (χ0) is 20.5. The van der Waals surface area contributed by atoms with Gasteiger partial charge in [0.25, 0.3) is 5.91 Å². The fraction of sp³-hybridized carbons (Fsp3) is 0.167. The summed E-state index contributed by atoms with van der Waals surface area (Å²) >= 11 is 0. The molecular weight excluding hydrogens is 364 g/mol. The van der Waals surface area contributed by atoms with Gasteiger partial charge in [-0.3, -0.25) is 4.79 Å². The van der Waals surface area contributed by atoms with Gasteiger partial charge >= 0.3 is 5.97 Å². The van der Waals surface area contributed by atoms with Crippen molar-refractivity contribution in [3.8, 4) is 0 Å². The number of carbonyl (C=O) groups is 2. The number of hydrogen-bond donors (Lipinski definition) is 2. The molecule has 0 saturated carbocycles. The number of rotatable bonds is 8. The predicted octanol–water partition coefficient (Wildman–Crippen LogP) is 3.15. The summed E-state index contributed by atoms with van der Waals surface area (Å²) in [6, 6.07) is 27.0. The normalized spacial score (nSPS) is 10.6. The van der Waals surface area contributed by atoms with E-state index < -0.39 is 0 Å². The lowest BCUT2D eigenvalue weighted by atomic mass is 9.99. The second-order valence-electron chi connectivity index (χ2n) is 6.58. The maximum absolute atomic E-state index is 12.5. The van der Waals surface area contributed by atoms with E-state index in [-0.39, 0.29) is 24.5 Å². The van der Waals surface area contributed by atoms with E-state index in [1.54, 1.807) is 31.2 Å². The van der Waals surface area contributed by atoms with Crippen LogP contribution in [0, 0.1) is 0 Å². The molecule has 3 aromatic carbocycles. The summed E-state index contributed by atoms with van der Waals surface area (Å²) in [5.74, 6) is -0.474. The highest BCUT2D eigenvalue weighted by molar-refractivity contribution is 5.93. The molecule has 0 atom stereocenters. The van der Waals surface area contributed by atoms with E-state index >= 15 is 0 Å². The van der Waals surface area contributed by atoms with Gasteiger partial charge in [0, 0.05) is 16.8 Å². The van der Waals surface area contributed by atoms with Gasteiger partial charge in [0.15, 0.2) is 6.54 Å². The maximum atomic E-state index is 12.5. The number of ether oxygens (including phenoxy) is 1. The molecule has 0 radical (unpaired) electrons. The van der Waals surface area contributed by atoms with Crippen LogP contribution < -0.4 is 10.6 Å². The van der Waals surface area contributed by atoms with Crippen LogP contribution in [0.1, 0.15) is 34.5 Å². The van der Waals surface area contributed by atoms with E-state index in [0.717, 1.165) is 11.1 Å². The van der Waals surface area contributed by atoms with Crippen LogP contribution in [0.2, 0.25) is 0 Å².